The lowest BCUT2D eigenvalue weighted by Crippen LogP contribution is -2.30. The molecule has 0 spiro atoms. The average Bonchev–Trinajstić information content (AvgIpc) is 2.64. The smallest absolute Gasteiger partial charge is 0.257 e. The van der Waals surface area contributed by atoms with Crippen LogP contribution in [0, 0.1) is 7.14 Å². The normalized spacial score (nSPS) is 15.2. The molecule has 0 bridgehead atoms. The number of carbonyl (C=O) groups excluding carboxylic acids is 1. The maximum atomic E-state index is 11.3. The minimum atomic E-state index is -0.724. The van der Waals surface area contributed by atoms with Crippen LogP contribution < -0.4 is 19.5 Å². The topological polar surface area (TPSA) is 56.8 Å². The minimum absolute atomic E-state index is 0.0523. The highest BCUT2D eigenvalue weighted by Crippen LogP contribution is 2.50. The Morgan fingerprint density at radius 3 is 2.58 bits per heavy atom. The summed E-state index contributed by atoms with van der Waals surface area (Å²) in [5.74, 6) is 0.854. The predicted octanol–water partition coefficient (Wildman–Crippen LogP) is 2.53. The lowest BCUT2D eigenvalue weighted by molar-refractivity contribution is -0.122. The van der Waals surface area contributed by atoms with E-state index < -0.39 is 5.79 Å². The van der Waals surface area contributed by atoms with Gasteiger partial charge in [0.1, 0.15) is 0 Å². The Labute approximate surface area is 138 Å². The van der Waals surface area contributed by atoms with E-state index in [-0.39, 0.29) is 12.5 Å². The van der Waals surface area contributed by atoms with Crippen molar-refractivity contribution in [3.8, 4) is 17.2 Å². The van der Waals surface area contributed by atoms with Gasteiger partial charge in [-0.05, 0) is 51.2 Å². The Morgan fingerprint density at radius 2 is 1.95 bits per heavy atom. The monoisotopic (exact) mass is 489 g/mol. The van der Waals surface area contributed by atoms with Crippen molar-refractivity contribution in [1.82, 2.24) is 5.32 Å². The van der Waals surface area contributed by atoms with Crippen molar-refractivity contribution in [3.05, 3.63) is 13.2 Å². The van der Waals surface area contributed by atoms with E-state index in [1.165, 1.54) is 0 Å². The summed E-state index contributed by atoms with van der Waals surface area (Å²) in [6.07, 6.45) is 0. The molecular weight excluding hydrogens is 476 g/mol. The van der Waals surface area contributed by atoms with Crippen LogP contribution in [-0.4, -0.2) is 25.3 Å². The average molecular weight is 489 g/mol. The largest absolute Gasteiger partial charge is 0.479 e. The van der Waals surface area contributed by atoms with Crippen LogP contribution >= 0.6 is 45.2 Å². The van der Waals surface area contributed by atoms with Gasteiger partial charge in [-0.1, -0.05) is 0 Å². The number of carbonyl (C=O) groups is 1. The third-order valence-corrected chi connectivity index (χ3v) is 4.02. The fourth-order valence-electron chi connectivity index (χ4n) is 1.61. The summed E-state index contributed by atoms with van der Waals surface area (Å²) < 4.78 is 18.9. The maximum absolute atomic E-state index is 11.3. The summed E-state index contributed by atoms with van der Waals surface area (Å²) in [4.78, 5) is 11.3. The Balaban J connectivity index is 2.35. The highest BCUT2D eigenvalue weighted by molar-refractivity contribution is 14.1. The molecular formula is C12H13I2NO4. The quantitative estimate of drug-likeness (QED) is 0.664. The van der Waals surface area contributed by atoms with Crippen molar-refractivity contribution in [2.24, 2.45) is 0 Å². The second-order valence-electron chi connectivity index (χ2n) is 4.39. The zero-order chi connectivity index (χ0) is 14.2. The van der Waals surface area contributed by atoms with Crippen LogP contribution in [0.15, 0.2) is 6.07 Å². The van der Waals surface area contributed by atoms with E-state index in [1.807, 2.05) is 19.9 Å². The molecule has 104 valence electrons. The number of amides is 1. The van der Waals surface area contributed by atoms with Gasteiger partial charge in [-0.2, -0.15) is 0 Å². The summed E-state index contributed by atoms with van der Waals surface area (Å²) in [5.41, 5.74) is 0. The van der Waals surface area contributed by atoms with Gasteiger partial charge in [0, 0.05) is 20.9 Å². The molecule has 7 heteroatoms. The third-order valence-electron chi connectivity index (χ3n) is 2.42. The molecule has 19 heavy (non-hydrogen) atoms. The van der Waals surface area contributed by atoms with E-state index in [0.717, 1.165) is 7.14 Å². The van der Waals surface area contributed by atoms with Crippen molar-refractivity contribution >= 4 is 51.1 Å². The summed E-state index contributed by atoms with van der Waals surface area (Å²) in [6, 6.07) is 1.93. The van der Waals surface area contributed by atoms with E-state index in [0.29, 0.717) is 17.2 Å². The molecule has 1 heterocycles. The number of hydrogen-bond donors (Lipinski definition) is 1. The van der Waals surface area contributed by atoms with Gasteiger partial charge >= 0.3 is 0 Å². The molecule has 1 aromatic carbocycles. The molecule has 0 unspecified atom stereocenters. The number of rotatable bonds is 3. The number of ether oxygens (including phenoxy) is 3. The molecule has 0 fully saturated rings. The zero-order valence-electron chi connectivity index (χ0n) is 10.7. The molecule has 0 atom stereocenters. The molecule has 1 aliphatic rings. The second kappa shape index (κ2) is 5.51. The van der Waals surface area contributed by atoms with Crippen molar-refractivity contribution < 1.29 is 19.0 Å². The fourth-order valence-corrected chi connectivity index (χ4v) is 3.58. The highest BCUT2D eigenvalue weighted by atomic mass is 127. The first-order valence-electron chi connectivity index (χ1n) is 5.57. The van der Waals surface area contributed by atoms with E-state index >= 15 is 0 Å². The first-order chi connectivity index (χ1) is 8.84. The van der Waals surface area contributed by atoms with Gasteiger partial charge in [-0.25, -0.2) is 0 Å². The maximum Gasteiger partial charge on any atom is 0.257 e. The first kappa shape index (κ1) is 14.9. The number of hydrogen-bond acceptors (Lipinski definition) is 4. The van der Waals surface area contributed by atoms with E-state index in [2.05, 4.69) is 50.5 Å². The fraction of sp³-hybridized carbons (Fsp3) is 0.417. The SMILES string of the molecule is CNC(=O)COc1c(I)cc(I)c2c1OC(C)(C)O2. The van der Waals surface area contributed by atoms with Gasteiger partial charge in [0.25, 0.3) is 5.91 Å². The van der Waals surface area contributed by atoms with Gasteiger partial charge in [0.2, 0.25) is 11.5 Å². The predicted molar refractivity (Wildman–Crippen MR) is 86.8 cm³/mol. The number of fused-ring (bicyclic) bond motifs is 1. The molecule has 0 saturated heterocycles. The number of nitrogens with one attached hydrogen (secondary N) is 1. The van der Waals surface area contributed by atoms with Crippen LogP contribution in [0.3, 0.4) is 0 Å². The zero-order valence-corrected chi connectivity index (χ0v) is 15.0. The van der Waals surface area contributed by atoms with Gasteiger partial charge < -0.3 is 19.5 Å². The number of halogens is 2. The Morgan fingerprint density at radius 1 is 1.32 bits per heavy atom. The van der Waals surface area contributed by atoms with Gasteiger partial charge in [-0.3, -0.25) is 4.79 Å². The summed E-state index contributed by atoms with van der Waals surface area (Å²) in [6.45, 7) is 3.61. The van der Waals surface area contributed by atoms with Gasteiger partial charge in [-0.15, -0.1) is 0 Å². The molecule has 1 aromatic rings. The molecule has 0 aliphatic carbocycles. The molecule has 0 aromatic heterocycles. The molecule has 1 N–H and O–H groups in total. The molecule has 5 nitrogen and oxygen atoms in total. The summed E-state index contributed by atoms with van der Waals surface area (Å²) >= 11 is 4.34. The van der Waals surface area contributed by atoms with Crippen molar-refractivity contribution in [2.75, 3.05) is 13.7 Å². The summed E-state index contributed by atoms with van der Waals surface area (Å²) in [7, 11) is 1.57. The lowest BCUT2D eigenvalue weighted by Gasteiger charge is -2.16. The molecule has 2 rings (SSSR count). The Hall–Kier alpha value is -0.450. The van der Waals surface area contributed by atoms with Crippen LogP contribution in [0.5, 0.6) is 17.2 Å². The van der Waals surface area contributed by atoms with Crippen LogP contribution in [-0.2, 0) is 4.79 Å². The van der Waals surface area contributed by atoms with Crippen LogP contribution in [0.4, 0.5) is 0 Å². The van der Waals surface area contributed by atoms with Crippen LogP contribution in [0.1, 0.15) is 13.8 Å². The Bertz CT molecular complexity index is 531. The molecule has 0 saturated carbocycles. The second-order valence-corrected chi connectivity index (χ2v) is 6.72. The molecule has 0 radical (unpaired) electrons. The summed E-state index contributed by atoms with van der Waals surface area (Å²) in [5, 5.41) is 2.51. The molecule has 1 aliphatic heterocycles. The number of benzene rings is 1. The minimum Gasteiger partial charge on any atom is -0.479 e. The van der Waals surface area contributed by atoms with Crippen molar-refractivity contribution in [2.45, 2.75) is 19.6 Å². The van der Waals surface area contributed by atoms with Crippen LogP contribution in [0.2, 0.25) is 0 Å². The van der Waals surface area contributed by atoms with Gasteiger partial charge in [0.05, 0.1) is 7.14 Å². The van der Waals surface area contributed by atoms with Gasteiger partial charge in [0.15, 0.2) is 18.1 Å². The number of likely N-dealkylation sites (N-methyl/N-ethyl adjacent to an activating group) is 1. The standard InChI is InChI=1S/C12H13I2NO4/c1-12(2)18-10-7(14)4-6(13)9(11(10)19-12)17-5-8(16)15-3/h4H,5H2,1-3H3,(H,15,16). The highest BCUT2D eigenvalue weighted by Gasteiger charge is 2.37. The van der Waals surface area contributed by atoms with E-state index in [4.69, 9.17) is 14.2 Å². The Kier molecular flexibility index (Phi) is 4.33. The first-order valence-corrected chi connectivity index (χ1v) is 7.73. The van der Waals surface area contributed by atoms with Crippen molar-refractivity contribution in [1.29, 1.82) is 0 Å². The van der Waals surface area contributed by atoms with E-state index in [1.54, 1.807) is 7.05 Å². The lowest BCUT2D eigenvalue weighted by atomic mass is 10.3. The van der Waals surface area contributed by atoms with Crippen LogP contribution in [0.25, 0.3) is 0 Å². The molecule has 1 amide bonds. The third kappa shape index (κ3) is 3.18. The van der Waals surface area contributed by atoms with E-state index in [9.17, 15) is 4.79 Å². The van der Waals surface area contributed by atoms with Crippen molar-refractivity contribution in [3.63, 3.8) is 0 Å².